The highest BCUT2D eigenvalue weighted by atomic mass is 19.1. The lowest BCUT2D eigenvalue weighted by molar-refractivity contribution is -0.136. The van der Waals surface area contributed by atoms with Crippen molar-refractivity contribution < 1.29 is 14.3 Å². The molecule has 4 nitrogen and oxygen atoms in total. The van der Waals surface area contributed by atoms with Crippen LogP contribution in [0.2, 0.25) is 0 Å². The number of hydrogen-bond acceptors (Lipinski definition) is 2. The molecular weight excluding hydrogens is 235 g/mol. The monoisotopic (exact) mass is 248 g/mol. The maximum atomic E-state index is 13.9. The molecule has 0 saturated carbocycles. The Bertz CT molecular complexity index is 578. The smallest absolute Gasteiger partial charge is 0.303 e. The Labute approximate surface area is 104 Å². The molecule has 94 valence electrons. The van der Waals surface area contributed by atoms with E-state index >= 15 is 0 Å². The van der Waals surface area contributed by atoms with Gasteiger partial charge in [-0.2, -0.15) is 0 Å². The fraction of sp³-hybridized carbons (Fsp3) is 0.231. The van der Waals surface area contributed by atoms with E-state index in [-0.39, 0.29) is 12.2 Å². The number of carboxylic acid groups (broad SMARTS) is 1. The van der Waals surface area contributed by atoms with Crippen molar-refractivity contribution in [2.75, 3.05) is 0 Å². The van der Waals surface area contributed by atoms with Gasteiger partial charge in [0, 0.05) is 18.8 Å². The number of aliphatic carboxylic acids is 1. The molecule has 0 unspecified atom stereocenters. The molecule has 0 bridgehead atoms. The van der Waals surface area contributed by atoms with Gasteiger partial charge in [0.1, 0.15) is 11.6 Å². The molecule has 0 radical (unpaired) electrons. The highest BCUT2D eigenvalue weighted by molar-refractivity contribution is 5.67. The first-order valence-corrected chi connectivity index (χ1v) is 5.58. The van der Waals surface area contributed by atoms with Gasteiger partial charge >= 0.3 is 5.97 Å². The SMILES string of the molecule is Cc1nccn1-c1ccc(CCC(=O)O)cc1F. The molecule has 0 aliphatic heterocycles. The standard InChI is InChI=1S/C13H13FN2O2/c1-9-15-6-7-16(9)12-4-2-10(8-11(12)14)3-5-13(17)18/h2,4,6-8H,3,5H2,1H3,(H,17,18). The second-order valence-electron chi connectivity index (χ2n) is 4.02. The second kappa shape index (κ2) is 5.00. The number of aromatic nitrogens is 2. The molecule has 0 amide bonds. The van der Waals surface area contributed by atoms with Crippen LogP contribution in [0, 0.1) is 12.7 Å². The summed E-state index contributed by atoms with van der Waals surface area (Å²) in [6.07, 6.45) is 3.62. The van der Waals surface area contributed by atoms with Crippen molar-refractivity contribution in [2.45, 2.75) is 19.8 Å². The average Bonchev–Trinajstić information content (AvgIpc) is 2.73. The van der Waals surface area contributed by atoms with Gasteiger partial charge in [0.2, 0.25) is 0 Å². The number of carboxylic acids is 1. The van der Waals surface area contributed by atoms with Crippen LogP contribution in [-0.4, -0.2) is 20.6 Å². The largest absolute Gasteiger partial charge is 0.481 e. The quantitative estimate of drug-likeness (QED) is 0.903. The van der Waals surface area contributed by atoms with Gasteiger partial charge in [-0.25, -0.2) is 9.37 Å². The fourth-order valence-corrected chi connectivity index (χ4v) is 1.79. The zero-order chi connectivity index (χ0) is 13.1. The minimum Gasteiger partial charge on any atom is -0.481 e. The third kappa shape index (κ3) is 2.56. The molecule has 0 spiro atoms. The summed E-state index contributed by atoms with van der Waals surface area (Å²) in [5.74, 6) is -0.559. The van der Waals surface area contributed by atoms with Gasteiger partial charge in [-0.1, -0.05) is 6.07 Å². The van der Waals surface area contributed by atoms with E-state index in [0.29, 0.717) is 23.5 Å². The molecule has 0 fully saturated rings. The number of nitrogens with zero attached hydrogens (tertiary/aromatic N) is 2. The number of aryl methyl sites for hydroxylation is 2. The Kier molecular flexibility index (Phi) is 3.41. The van der Waals surface area contributed by atoms with Crippen molar-refractivity contribution in [3.63, 3.8) is 0 Å². The zero-order valence-electron chi connectivity index (χ0n) is 9.93. The van der Waals surface area contributed by atoms with E-state index in [1.165, 1.54) is 6.07 Å². The van der Waals surface area contributed by atoms with Gasteiger partial charge in [0.25, 0.3) is 0 Å². The lowest BCUT2D eigenvalue weighted by Gasteiger charge is -2.08. The predicted molar refractivity (Wildman–Crippen MR) is 64.2 cm³/mol. The normalized spacial score (nSPS) is 10.6. The molecule has 2 rings (SSSR count). The third-order valence-corrected chi connectivity index (χ3v) is 2.72. The molecule has 5 heteroatoms. The highest BCUT2D eigenvalue weighted by Crippen LogP contribution is 2.17. The van der Waals surface area contributed by atoms with E-state index in [1.807, 2.05) is 0 Å². The lowest BCUT2D eigenvalue weighted by atomic mass is 10.1. The van der Waals surface area contributed by atoms with Crippen LogP contribution in [0.5, 0.6) is 0 Å². The first kappa shape index (κ1) is 12.3. The second-order valence-corrected chi connectivity index (χ2v) is 4.02. The number of rotatable bonds is 4. The van der Waals surface area contributed by atoms with Crippen LogP contribution in [0.15, 0.2) is 30.6 Å². The summed E-state index contributed by atoms with van der Waals surface area (Å²) in [6, 6.07) is 4.75. The summed E-state index contributed by atoms with van der Waals surface area (Å²) in [4.78, 5) is 14.5. The Morgan fingerprint density at radius 3 is 2.83 bits per heavy atom. The topological polar surface area (TPSA) is 55.1 Å². The van der Waals surface area contributed by atoms with Gasteiger partial charge in [-0.3, -0.25) is 4.79 Å². The average molecular weight is 248 g/mol. The predicted octanol–water partition coefficient (Wildman–Crippen LogP) is 2.34. The van der Waals surface area contributed by atoms with Crippen LogP contribution >= 0.6 is 0 Å². The Morgan fingerprint density at radius 1 is 1.50 bits per heavy atom. The molecule has 1 N–H and O–H groups in total. The van der Waals surface area contributed by atoms with E-state index in [9.17, 15) is 9.18 Å². The van der Waals surface area contributed by atoms with Crippen LogP contribution in [0.4, 0.5) is 4.39 Å². The molecule has 0 aliphatic carbocycles. The first-order valence-electron chi connectivity index (χ1n) is 5.58. The summed E-state index contributed by atoms with van der Waals surface area (Å²) in [5, 5.41) is 8.58. The number of benzene rings is 1. The van der Waals surface area contributed by atoms with Gasteiger partial charge in [0.05, 0.1) is 5.69 Å². The summed E-state index contributed by atoms with van der Waals surface area (Å²) in [6.45, 7) is 1.79. The lowest BCUT2D eigenvalue weighted by Crippen LogP contribution is -2.01. The number of halogens is 1. The molecule has 1 aromatic carbocycles. The van der Waals surface area contributed by atoms with E-state index in [2.05, 4.69) is 4.98 Å². The fourth-order valence-electron chi connectivity index (χ4n) is 1.79. The third-order valence-electron chi connectivity index (χ3n) is 2.72. The Balaban J connectivity index is 2.26. The van der Waals surface area contributed by atoms with Crippen molar-refractivity contribution >= 4 is 5.97 Å². The minimum absolute atomic E-state index is 0.00287. The van der Waals surface area contributed by atoms with E-state index < -0.39 is 5.97 Å². The van der Waals surface area contributed by atoms with E-state index in [4.69, 9.17) is 5.11 Å². The first-order chi connectivity index (χ1) is 8.58. The molecule has 0 saturated heterocycles. The van der Waals surface area contributed by atoms with Crippen molar-refractivity contribution in [3.8, 4) is 5.69 Å². The van der Waals surface area contributed by atoms with Gasteiger partial charge < -0.3 is 9.67 Å². The molecule has 18 heavy (non-hydrogen) atoms. The molecule has 1 heterocycles. The van der Waals surface area contributed by atoms with Crippen molar-refractivity contribution in [2.24, 2.45) is 0 Å². The molecular formula is C13H13FN2O2. The van der Waals surface area contributed by atoms with Crippen LogP contribution in [0.3, 0.4) is 0 Å². The van der Waals surface area contributed by atoms with Crippen molar-refractivity contribution in [1.29, 1.82) is 0 Å². The van der Waals surface area contributed by atoms with Crippen LogP contribution in [-0.2, 0) is 11.2 Å². The maximum absolute atomic E-state index is 13.9. The Morgan fingerprint density at radius 2 is 2.28 bits per heavy atom. The molecule has 0 atom stereocenters. The van der Waals surface area contributed by atoms with E-state index in [1.54, 1.807) is 36.0 Å². The summed E-state index contributed by atoms with van der Waals surface area (Å²) in [5.41, 5.74) is 1.10. The van der Waals surface area contributed by atoms with Crippen LogP contribution in [0.1, 0.15) is 17.8 Å². The Hall–Kier alpha value is -2.17. The van der Waals surface area contributed by atoms with Crippen LogP contribution < -0.4 is 0 Å². The molecule has 1 aromatic heterocycles. The van der Waals surface area contributed by atoms with Gasteiger partial charge in [-0.05, 0) is 31.0 Å². The van der Waals surface area contributed by atoms with E-state index in [0.717, 1.165) is 0 Å². The van der Waals surface area contributed by atoms with Crippen LogP contribution in [0.25, 0.3) is 5.69 Å². The number of imidazole rings is 1. The minimum atomic E-state index is -0.884. The maximum Gasteiger partial charge on any atom is 0.303 e. The molecule has 0 aliphatic rings. The summed E-state index contributed by atoms with van der Waals surface area (Å²) >= 11 is 0. The molecule has 2 aromatic rings. The van der Waals surface area contributed by atoms with Crippen molar-refractivity contribution in [3.05, 3.63) is 47.8 Å². The summed E-state index contributed by atoms with van der Waals surface area (Å²) < 4.78 is 15.6. The number of hydrogen-bond donors (Lipinski definition) is 1. The number of carbonyl (C=O) groups is 1. The van der Waals surface area contributed by atoms with Gasteiger partial charge in [-0.15, -0.1) is 0 Å². The van der Waals surface area contributed by atoms with Gasteiger partial charge in [0.15, 0.2) is 0 Å². The highest BCUT2D eigenvalue weighted by Gasteiger charge is 2.08. The zero-order valence-corrected chi connectivity index (χ0v) is 9.93. The van der Waals surface area contributed by atoms with Crippen molar-refractivity contribution in [1.82, 2.24) is 9.55 Å². The summed E-state index contributed by atoms with van der Waals surface area (Å²) in [7, 11) is 0.